The minimum Gasteiger partial charge on any atom is -0.464 e. The maximum absolute atomic E-state index is 11.0. The van der Waals surface area contributed by atoms with Gasteiger partial charge in [-0.25, -0.2) is 19.6 Å². The minimum atomic E-state index is -0.502. The molecule has 2 aromatic heterocycles. The molecule has 9 heteroatoms. The van der Waals surface area contributed by atoms with Crippen LogP contribution in [0.1, 0.15) is 37.4 Å². The van der Waals surface area contributed by atoms with E-state index in [2.05, 4.69) is 26.0 Å². The summed E-state index contributed by atoms with van der Waals surface area (Å²) in [7, 11) is 5.91. The molecule has 0 N–H and O–H groups in total. The number of esters is 2. The van der Waals surface area contributed by atoms with E-state index in [1.165, 1.54) is 31.2 Å². The number of hydrogen-bond acceptors (Lipinski definition) is 7. The van der Waals surface area contributed by atoms with Gasteiger partial charge in [-0.1, -0.05) is 6.58 Å². The standard InChI is InChI=1S/C8H10N2O2.C7H8N2O3/c1-4-7-9-5-6(10(7)2)8(11)12-3;1-9-5(7(11)12-2)3-8-6(9)4-10/h4-5H,1H2,2-3H3;3-4H,1-2H3. The molecule has 2 rings (SSSR count). The summed E-state index contributed by atoms with van der Waals surface area (Å²) in [4.78, 5) is 40.0. The van der Waals surface area contributed by atoms with Gasteiger partial charge in [0, 0.05) is 14.1 Å². The molecular formula is C15H18N4O5. The molecule has 0 unspecified atom stereocenters. The van der Waals surface area contributed by atoms with Crippen molar-refractivity contribution in [3.8, 4) is 0 Å². The Kier molecular flexibility index (Phi) is 6.60. The van der Waals surface area contributed by atoms with E-state index in [0.717, 1.165) is 0 Å². The highest BCUT2D eigenvalue weighted by atomic mass is 16.5. The van der Waals surface area contributed by atoms with E-state index in [4.69, 9.17) is 0 Å². The van der Waals surface area contributed by atoms with Crippen molar-refractivity contribution in [2.45, 2.75) is 0 Å². The van der Waals surface area contributed by atoms with Crippen LogP contribution in [0.2, 0.25) is 0 Å². The number of hydrogen-bond donors (Lipinski definition) is 0. The molecule has 0 atom stereocenters. The van der Waals surface area contributed by atoms with Crippen molar-refractivity contribution in [3.63, 3.8) is 0 Å². The molecule has 0 aliphatic rings. The van der Waals surface area contributed by atoms with Gasteiger partial charge >= 0.3 is 11.9 Å². The largest absolute Gasteiger partial charge is 0.464 e. The number of methoxy groups -OCH3 is 2. The Morgan fingerprint density at radius 3 is 1.71 bits per heavy atom. The summed E-state index contributed by atoms with van der Waals surface area (Å²) < 4.78 is 12.0. The Morgan fingerprint density at radius 2 is 1.42 bits per heavy atom. The zero-order valence-electron chi connectivity index (χ0n) is 13.8. The van der Waals surface area contributed by atoms with Crippen LogP contribution >= 0.6 is 0 Å². The summed E-state index contributed by atoms with van der Waals surface area (Å²) >= 11 is 0. The van der Waals surface area contributed by atoms with Gasteiger partial charge in [0.25, 0.3) is 0 Å². The van der Waals surface area contributed by atoms with Crippen molar-refractivity contribution in [2.75, 3.05) is 14.2 Å². The lowest BCUT2D eigenvalue weighted by molar-refractivity contribution is 0.0580. The fourth-order valence-corrected chi connectivity index (χ4v) is 1.74. The summed E-state index contributed by atoms with van der Waals surface area (Å²) in [5.74, 6) is -0.0398. The summed E-state index contributed by atoms with van der Waals surface area (Å²) in [5, 5.41) is 0. The third-order valence-electron chi connectivity index (χ3n) is 3.13. The van der Waals surface area contributed by atoms with Gasteiger partial charge in [0.1, 0.15) is 17.2 Å². The van der Waals surface area contributed by atoms with Gasteiger partial charge in [-0.05, 0) is 6.08 Å². The first kappa shape index (κ1) is 18.8. The normalized spacial score (nSPS) is 9.50. The second-order valence-corrected chi connectivity index (χ2v) is 4.43. The summed E-state index contributed by atoms with van der Waals surface area (Å²) in [6.45, 7) is 3.55. The van der Waals surface area contributed by atoms with Gasteiger partial charge in [0.15, 0.2) is 12.1 Å². The molecule has 2 aromatic rings. The second kappa shape index (κ2) is 8.42. The molecule has 0 saturated heterocycles. The minimum absolute atomic E-state index is 0.204. The highest BCUT2D eigenvalue weighted by molar-refractivity contribution is 5.88. The van der Waals surface area contributed by atoms with E-state index in [1.807, 2.05) is 0 Å². The zero-order valence-corrected chi connectivity index (χ0v) is 13.8. The fraction of sp³-hybridized carbons (Fsp3) is 0.267. The van der Waals surface area contributed by atoms with Crippen LogP contribution in [0, 0.1) is 0 Å². The van der Waals surface area contributed by atoms with E-state index in [0.29, 0.717) is 17.8 Å². The monoisotopic (exact) mass is 334 g/mol. The van der Waals surface area contributed by atoms with Gasteiger partial charge in [-0.15, -0.1) is 0 Å². The van der Waals surface area contributed by atoms with Crippen LogP contribution in [-0.4, -0.2) is 51.5 Å². The van der Waals surface area contributed by atoms with Crippen molar-refractivity contribution >= 4 is 24.3 Å². The molecule has 0 aliphatic heterocycles. The Labute approximate surface area is 138 Å². The fourth-order valence-electron chi connectivity index (χ4n) is 1.74. The van der Waals surface area contributed by atoms with Crippen LogP contribution in [0.3, 0.4) is 0 Å². The highest BCUT2D eigenvalue weighted by Crippen LogP contribution is 2.05. The summed E-state index contributed by atoms with van der Waals surface area (Å²) in [5.41, 5.74) is 0.687. The quantitative estimate of drug-likeness (QED) is 0.603. The van der Waals surface area contributed by atoms with E-state index in [9.17, 15) is 14.4 Å². The number of aromatic nitrogens is 4. The summed E-state index contributed by atoms with van der Waals surface area (Å²) in [6, 6.07) is 0. The molecule has 0 radical (unpaired) electrons. The first-order valence-corrected chi connectivity index (χ1v) is 6.68. The van der Waals surface area contributed by atoms with Crippen LogP contribution in [0.15, 0.2) is 19.0 Å². The van der Waals surface area contributed by atoms with E-state index in [-0.39, 0.29) is 11.5 Å². The maximum Gasteiger partial charge on any atom is 0.356 e. The van der Waals surface area contributed by atoms with Crippen LogP contribution < -0.4 is 0 Å². The van der Waals surface area contributed by atoms with Crippen molar-refractivity contribution in [2.24, 2.45) is 14.1 Å². The van der Waals surface area contributed by atoms with Crippen LogP contribution in [0.4, 0.5) is 0 Å². The smallest absolute Gasteiger partial charge is 0.356 e. The molecule has 0 bridgehead atoms. The molecule has 0 fully saturated rings. The molecule has 0 amide bonds. The first-order chi connectivity index (χ1) is 11.4. The molecule has 0 saturated carbocycles. The lowest BCUT2D eigenvalue weighted by atomic mass is 10.5. The van der Waals surface area contributed by atoms with Crippen LogP contribution in [0.5, 0.6) is 0 Å². The lowest BCUT2D eigenvalue weighted by Crippen LogP contribution is -2.08. The second-order valence-electron chi connectivity index (χ2n) is 4.43. The van der Waals surface area contributed by atoms with Crippen LogP contribution in [-0.2, 0) is 23.6 Å². The van der Waals surface area contributed by atoms with Crippen molar-refractivity contribution < 1.29 is 23.9 Å². The Balaban J connectivity index is 0.000000240. The molecule has 24 heavy (non-hydrogen) atoms. The predicted molar refractivity (Wildman–Crippen MR) is 84.6 cm³/mol. The van der Waals surface area contributed by atoms with E-state index < -0.39 is 11.9 Å². The van der Waals surface area contributed by atoms with Gasteiger partial charge in [0.05, 0.1) is 26.6 Å². The SMILES string of the molecule is C=Cc1ncc(C(=O)OC)n1C.COC(=O)c1cnc(C=O)n1C. The van der Waals surface area contributed by atoms with Gasteiger partial charge in [-0.2, -0.15) is 0 Å². The topological polar surface area (TPSA) is 105 Å². The van der Waals surface area contributed by atoms with Crippen molar-refractivity contribution in [1.29, 1.82) is 0 Å². The number of ether oxygens (including phenoxy) is 2. The number of carbonyl (C=O) groups is 3. The number of nitrogens with zero attached hydrogens (tertiary/aromatic N) is 4. The number of aldehydes is 1. The third kappa shape index (κ3) is 3.94. The first-order valence-electron chi connectivity index (χ1n) is 6.68. The average molecular weight is 334 g/mol. The van der Waals surface area contributed by atoms with Crippen molar-refractivity contribution in [1.82, 2.24) is 19.1 Å². The molecule has 0 spiro atoms. The zero-order chi connectivity index (χ0) is 18.3. The van der Waals surface area contributed by atoms with Gasteiger partial charge < -0.3 is 18.6 Å². The Bertz CT molecular complexity index is 696. The third-order valence-corrected chi connectivity index (χ3v) is 3.13. The molecule has 0 aromatic carbocycles. The molecule has 128 valence electrons. The number of imidazole rings is 2. The number of rotatable bonds is 4. The van der Waals surface area contributed by atoms with Crippen molar-refractivity contribution in [3.05, 3.63) is 42.0 Å². The molecule has 2 heterocycles. The number of carbonyl (C=O) groups excluding carboxylic acids is 3. The Hall–Kier alpha value is -3.23. The average Bonchev–Trinajstić information content (AvgIpc) is 3.16. The van der Waals surface area contributed by atoms with Crippen LogP contribution in [0.25, 0.3) is 6.08 Å². The molecule has 9 nitrogen and oxygen atoms in total. The molecule has 0 aliphatic carbocycles. The molecular weight excluding hydrogens is 316 g/mol. The highest BCUT2D eigenvalue weighted by Gasteiger charge is 2.13. The summed E-state index contributed by atoms with van der Waals surface area (Å²) in [6.07, 6.45) is 4.91. The van der Waals surface area contributed by atoms with Gasteiger partial charge in [0.2, 0.25) is 0 Å². The Morgan fingerprint density at radius 1 is 1.00 bits per heavy atom. The van der Waals surface area contributed by atoms with Gasteiger partial charge in [-0.3, -0.25) is 4.79 Å². The lowest BCUT2D eigenvalue weighted by Gasteiger charge is -2.00. The maximum atomic E-state index is 11.0. The predicted octanol–water partition coefficient (Wildman–Crippen LogP) is 0.869. The van der Waals surface area contributed by atoms with E-state index in [1.54, 1.807) is 24.7 Å². The van der Waals surface area contributed by atoms with E-state index >= 15 is 0 Å².